The van der Waals surface area contributed by atoms with E-state index in [9.17, 15) is 4.79 Å². The molecule has 0 atom stereocenters. The molecule has 0 saturated heterocycles. The Morgan fingerprint density at radius 3 is 2.73 bits per heavy atom. The maximum atomic E-state index is 11.9. The molecule has 0 fully saturated rings. The molecule has 110 valence electrons. The van der Waals surface area contributed by atoms with Gasteiger partial charge in [-0.05, 0) is 54.4 Å². The first kappa shape index (κ1) is 14.2. The summed E-state index contributed by atoms with van der Waals surface area (Å²) >= 11 is 1.14. The highest BCUT2D eigenvalue weighted by molar-refractivity contribution is 7.03. The van der Waals surface area contributed by atoms with Crippen LogP contribution in [0.4, 0.5) is 5.69 Å². The van der Waals surface area contributed by atoms with Crippen LogP contribution >= 0.6 is 11.5 Å². The lowest BCUT2D eigenvalue weighted by molar-refractivity contribution is 0.102. The fourth-order valence-corrected chi connectivity index (χ4v) is 2.27. The van der Waals surface area contributed by atoms with Crippen molar-refractivity contribution in [2.45, 2.75) is 6.92 Å². The van der Waals surface area contributed by atoms with E-state index in [4.69, 9.17) is 4.74 Å². The molecular formula is C15H12N4O2S. The Morgan fingerprint density at radius 2 is 2.05 bits per heavy atom. The van der Waals surface area contributed by atoms with E-state index in [1.165, 1.54) is 0 Å². The molecule has 0 bridgehead atoms. The van der Waals surface area contributed by atoms with Gasteiger partial charge in [-0.3, -0.25) is 9.78 Å². The lowest BCUT2D eigenvalue weighted by Crippen LogP contribution is -2.12. The van der Waals surface area contributed by atoms with Crippen molar-refractivity contribution in [1.29, 1.82) is 0 Å². The zero-order chi connectivity index (χ0) is 15.4. The predicted molar refractivity (Wildman–Crippen MR) is 83.4 cm³/mol. The molecule has 0 spiro atoms. The van der Waals surface area contributed by atoms with Crippen molar-refractivity contribution < 1.29 is 9.53 Å². The average Bonchev–Trinajstić information content (AvgIpc) is 3.05. The van der Waals surface area contributed by atoms with E-state index in [0.29, 0.717) is 17.1 Å². The highest BCUT2D eigenvalue weighted by Crippen LogP contribution is 2.27. The van der Waals surface area contributed by atoms with E-state index in [-0.39, 0.29) is 5.91 Å². The number of carbonyl (C=O) groups is 1. The lowest BCUT2D eigenvalue weighted by Gasteiger charge is -2.10. The van der Waals surface area contributed by atoms with Crippen molar-refractivity contribution in [1.82, 2.24) is 14.6 Å². The molecule has 0 radical (unpaired) electrons. The Bertz CT molecular complexity index is 776. The number of carbonyl (C=O) groups excluding carboxylic acids is 1. The number of benzene rings is 1. The topological polar surface area (TPSA) is 77.0 Å². The summed E-state index contributed by atoms with van der Waals surface area (Å²) in [4.78, 5) is 15.9. The van der Waals surface area contributed by atoms with Crippen molar-refractivity contribution in [3.05, 3.63) is 59.4 Å². The summed E-state index contributed by atoms with van der Waals surface area (Å²) in [7, 11) is 0. The molecule has 0 aliphatic carbocycles. The zero-order valence-corrected chi connectivity index (χ0v) is 12.5. The molecule has 6 nitrogen and oxygen atoms in total. The summed E-state index contributed by atoms with van der Waals surface area (Å²) < 4.78 is 9.44. The van der Waals surface area contributed by atoms with Crippen LogP contribution in [0.3, 0.4) is 0 Å². The van der Waals surface area contributed by atoms with Gasteiger partial charge in [0, 0.05) is 23.5 Å². The zero-order valence-electron chi connectivity index (χ0n) is 11.7. The first-order chi connectivity index (χ1) is 10.7. The van der Waals surface area contributed by atoms with E-state index in [2.05, 4.69) is 19.9 Å². The largest absolute Gasteiger partial charge is 0.457 e. The highest BCUT2D eigenvalue weighted by atomic mass is 32.1. The predicted octanol–water partition coefficient (Wildman–Crippen LogP) is 3.29. The van der Waals surface area contributed by atoms with Crippen molar-refractivity contribution in [2.75, 3.05) is 5.32 Å². The quantitative estimate of drug-likeness (QED) is 0.800. The number of rotatable bonds is 4. The molecule has 2 heterocycles. The molecule has 2 aromatic heterocycles. The summed E-state index contributed by atoms with van der Waals surface area (Å²) in [5, 5.41) is 8.11. The van der Waals surface area contributed by atoms with Crippen LogP contribution < -0.4 is 10.1 Å². The maximum absolute atomic E-state index is 11.9. The van der Waals surface area contributed by atoms with E-state index in [1.54, 1.807) is 36.0 Å². The third-order valence-corrected chi connectivity index (χ3v) is 3.41. The second kappa shape index (κ2) is 6.31. The maximum Gasteiger partial charge on any atom is 0.277 e. The van der Waals surface area contributed by atoms with E-state index in [1.807, 2.05) is 19.1 Å². The van der Waals surface area contributed by atoms with E-state index >= 15 is 0 Å². The van der Waals surface area contributed by atoms with Crippen LogP contribution in [-0.4, -0.2) is 20.5 Å². The van der Waals surface area contributed by atoms with Crippen LogP contribution in [0.5, 0.6) is 11.5 Å². The van der Waals surface area contributed by atoms with Gasteiger partial charge in [0.15, 0.2) is 5.69 Å². The van der Waals surface area contributed by atoms with Gasteiger partial charge in [0.2, 0.25) is 0 Å². The number of hydrogen-bond acceptors (Lipinski definition) is 6. The van der Waals surface area contributed by atoms with Crippen molar-refractivity contribution in [3.63, 3.8) is 0 Å². The van der Waals surface area contributed by atoms with Gasteiger partial charge in [-0.1, -0.05) is 4.49 Å². The van der Waals surface area contributed by atoms with Crippen LogP contribution in [0.25, 0.3) is 0 Å². The second-order valence-corrected chi connectivity index (χ2v) is 5.12. The summed E-state index contributed by atoms with van der Waals surface area (Å²) in [5.41, 5.74) is 1.89. The Morgan fingerprint density at radius 1 is 1.23 bits per heavy atom. The second-order valence-electron chi connectivity index (χ2n) is 4.51. The van der Waals surface area contributed by atoms with Crippen LogP contribution in [0.2, 0.25) is 0 Å². The smallest absolute Gasteiger partial charge is 0.277 e. The number of hydrogen-bond donors (Lipinski definition) is 1. The Balaban J connectivity index is 1.73. The van der Waals surface area contributed by atoms with Gasteiger partial charge in [-0.25, -0.2) is 0 Å². The SMILES string of the molecule is Cc1cc(NC(=O)c2csnn2)ccc1Oc1ccncc1. The number of anilines is 1. The molecule has 1 amide bonds. The fraction of sp³-hybridized carbons (Fsp3) is 0.0667. The van der Waals surface area contributed by atoms with Crippen LogP contribution in [-0.2, 0) is 0 Å². The number of nitrogens with zero attached hydrogens (tertiary/aromatic N) is 3. The number of pyridine rings is 1. The summed E-state index contributed by atoms with van der Waals surface area (Å²) in [6.07, 6.45) is 3.34. The van der Waals surface area contributed by atoms with Gasteiger partial charge < -0.3 is 10.1 Å². The number of aromatic nitrogens is 3. The van der Waals surface area contributed by atoms with Gasteiger partial charge in [0.1, 0.15) is 11.5 Å². The standard InChI is InChI=1S/C15H12N4O2S/c1-10-8-11(17-15(20)13-9-22-19-18-13)2-3-14(10)21-12-4-6-16-7-5-12/h2-9H,1H3,(H,17,20). The molecule has 22 heavy (non-hydrogen) atoms. The molecule has 0 aliphatic rings. The Hall–Kier alpha value is -2.80. The Labute approximate surface area is 131 Å². The molecule has 0 saturated carbocycles. The number of ether oxygens (including phenoxy) is 1. The molecular weight excluding hydrogens is 300 g/mol. The number of aryl methyl sites for hydroxylation is 1. The molecule has 7 heteroatoms. The molecule has 0 unspecified atom stereocenters. The van der Waals surface area contributed by atoms with Crippen molar-refractivity contribution in [2.24, 2.45) is 0 Å². The van der Waals surface area contributed by atoms with Crippen LogP contribution in [0.1, 0.15) is 16.1 Å². The fourth-order valence-electron chi connectivity index (χ4n) is 1.83. The molecule has 1 N–H and O–H groups in total. The third kappa shape index (κ3) is 3.26. The minimum Gasteiger partial charge on any atom is -0.457 e. The van der Waals surface area contributed by atoms with Crippen LogP contribution in [0, 0.1) is 6.92 Å². The minimum atomic E-state index is -0.282. The highest BCUT2D eigenvalue weighted by Gasteiger charge is 2.10. The van der Waals surface area contributed by atoms with Gasteiger partial charge in [-0.2, -0.15) is 0 Å². The average molecular weight is 312 g/mol. The minimum absolute atomic E-state index is 0.282. The number of amides is 1. The monoisotopic (exact) mass is 312 g/mol. The Kier molecular flexibility index (Phi) is 4.06. The van der Waals surface area contributed by atoms with E-state index < -0.39 is 0 Å². The normalized spacial score (nSPS) is 10.2. The van der Waals surface area contributed by atoms with Crippen molar-refractivity contribution >= 4 is 23.1 Å². The first-order valence-corrected chi connectivity index (χ1v) is 7.33. The lowest BCUT2D eigenvalue weighted by atomic mass is 10.2. The van der Waals surface area contributed by atoms with Gasteiger partial charge in [0.25, 0.3) is 5.91 Å². The van der Waals surface area contributed by atoms with Crippen LogP contribution in [0.15, 0.2) is 48.1 Å². The van der Waals surface area contributed by atoms with Gasteiger partial charge in [-0.15, -0.1) is 5.10 Å². The van der Waals surface area contributed by atoms with Gasteiger partial charge in [0.05, 0.1) is 0 Å². The first-order valence-electron chi connectivity index (χ1n) is 6.49. The molecule has 0 aliphatic heterocycles. The van der Waals surface area contributed by atoms with Crippen molar-refractivity contribution in [3.8, 4) is 11.5 Å². The van der Waals surface area contributed by atoms with E-state index in [0.717, 1.165) is 22.8 Å². The summed E-state index contributed by atoms with van der Waals surface area (Å²) in [5.74, 6) is 1.15. The summed E-state index contributed by atoms with van der Waals surface area (Å²) in [6.45, 7) is 1.91. The number of nitrogens with one attached hydrogen (secondary N) is 1. The molecule has 3 aromatic rings. The summed E-state index contributed by atoms with van der Waals surface area (Å²) in [6, 6.07) is 8.99. The third-order valence-electron chi connectivity index (χ3n) is 2.90. The molecule has 3 rings (SSSR count). The van der Waals surface area contributed by atoms with Gasteiger partial charge >= 0.3 is 0 Å². The molecule has 1 aromatic carbocycles.